The van der Waals surface area contributed by atoms with Crippen LogP contribution in [0.25, 0.3) is 5.76 Å². The zero-order valence-corrected chi connectivity index (χ0v) is 17.5. The van der Waals surface area contributed by atoms with Crippen molar-refractivity contribution in [2.75, 3.05) is 6.67 Å². The molecule has 9 heteroatoms. The number of primary amides is 1. The van der Waals surface area contributed by atoms with Crippen molar-refractivity contribution >= 4 is 23.2 Å². The molecule has 0 aromatic heterocycles. The Morgan fingerprint density at radius 1 is 1.25 bits per heavy atom. The maximum Gasteiger partial charge on any atom is 0.255 e. The number of ketones is 2. The molecule has 6 N–H and O–H groups in total. The summed E-state index contributed by atoms with van der Waals surface area (Å²) >= 11 is 0. The van der Waals surface area contributed by atoms with Crippen LogP contribution in [-0.2, 0) is 27.3 Å². The van der Waals surface area contributed by atoms with E-state index in [1.165, 1.54) is 6.07 Å². The van der Waals surface area contributed by atoms with Gasteiger partial charge in [-0.2, -0.15) is 0 Å². The van der Waals surface area contributed by atoms with Crippen LogP contribution in [0.1, 0.15) is 36.5 Å². The van der Waals surface area contributed by atoms with Crippen LogP contribution in [0.3, 0.4) is 0 Å². The molecule has 3 aliphatic carbocycles. The molecular weight excluding hydrogens is 419 g/mol. The Labute approximate surface area is 183 Å². The first-order valence-corrected chi connectivity index (χ1v) is 10.5. The number of Topliss-reactive ketones (excluding diaryl/α,β-unsaturated/α-hetero) is 2. The van der Waals surface area contributed by atoms with Gasteiger partial charge in [-0.15, -0.1) is 0 Å². The van der Waals surface area contributed by atoms with E-state index in [9.17, 15) is 34.1 Å². The molecule has 0 spiro atoms. The zero-order valence-electron chi connectivity index (χ0n) is 17.5. The van der Waals surface area contributed by atoms with Gasteiger partial charge < -0.3 is 26.4 Å². The van der Waals surface area contributed by atoms with Gasteiger partial charge in [0, 0.05) is 24.6 Å². The molecular formula is C23H25FN2O6. The number of fused-ring (bicyclic) bond motifs is 3. The van der Waals surface area contributed by atoms with Gasteiger partial charge in [-0.25, -0.2) is 4.39 Å². The number of amides is 1. The number of halogens is 1. The lowest BCUT2D eigenvalue weighted by Gasteiger charge is -2.41. The quantitative estimate of drug-likeness (QED) is 0.434. The van der Waals surface area contributed by atoms with Crippen molar-refractivity contribution < 1.29 is 34.1 Å². The van der Waals surface area contributed by atoms with Crippen LogP contribution >= 0.6 is 0 Å². The van der Waals surface area contributed by atoms with Gasteiger partial charge in [0.05, 0.1) is 11.5 Å². The van der Waals surface area contributed by atoms with E-state index in [1.807, 2.05) is 0 Å². The number of rotatable bonds is 5. The number of aliphatic hydroxyl groups excluding tert-OH is 2. The summed E-state index contributed by atoms with van der Waals surface area (Å²) in [5.41, 5.74) is 6.28. The molecule has 1 aromatic rings. The molecule has 0 radical (unpaired) electrons. The van der Waals surface area contributed by atoms with Crippen LogP contribution < -0.4 is 11.1 Å². The number of hydrogen-bond donors (Lipinski definition) is 5. The van der Waals surface area contributed by atoms with E-state index in [4.69, 9.17) is 5.73 Å². The topological polar surface area (TPSA) is 150 Å². The van der Waals surface area contributed by atoms with E-state index >= 15 is 0 Å². The van der Waals surface area contributed by atoms with Crippen molar-refractivity contribution in [1.82, 2.24) is 5.32 Å². The van der Waals surface area contributed by atoms with Crippen molar-refractivity contribution in [3.05, 3.63) is 45.7 Å². The standard InChI is InChI=1S/C23H25FN2O6/c1-9(7-24)26-8-10-2-3-14(27)18-13(10)5-11-4-12-6-15(28)19(23(25)32)22(31)17(12)20(29)16(11)21(18)30/h2-3,9,11-12,17,26-27,30-31H,4-8H2,1H3,(H2,25,32)/t9?,11-,12+,17?/m1/s1. The first-order chi connectivity index (χ1) is 15.1. The molecule has 1 fully saturated rings. The predicted molar refractivity (Wildman–Crippen MR) is 112 cm³/mol. The lowest BCUT2D eigenvalue weighted by atomic mass is 9.61. The molecule has 170 valence electrons. The SMILES string of the molecule is CC(CF)NCc1ccc(O)c2c1C[C@H]1C[C@H]3CC(=O)C(C(N)=O)=C(O)C3C(=O)C1=C2O. The second kappa shape index (κ2) is 8.05. The molecule has 32 heavy (non-hydrogen) atoms. The second-order valence-electron chi connectivity index (χ2n) is 8.79. The minimum Gasteiger partial charge on any atom is -0.511 e. The summed E-state index contributed by atoms with van der Waals surface area (Å²) in [6, 6.07) is 2.72. The molecule has 0 aliphatic heterocycles. The molecule has 2 unspecified atom stereocenters. The van der Waals surface area contributed by atoms with Gasteiger partial charge in [-0.1, -0.05) is 6.07 Å². The van der Waals surface area contributed by atoms with Crippen LogP contribution in [0.4, 0.5) is 4.39 Å². The third kappa shape index (κ3) is 3.37. The Morgan fingerprint density at radius 2 is 1.97 bits per heavy atom. The number of phenolic OH excluding ortho intramolecular Hbond substituents is 1. The van der Waals surface area contributed by atoms with Crippen LogP contribution in [0.2, 0.25) is 0 Å². The van der Waals surface area contributed by atoms with E-state index in [0.29, 0.717) is 24.9 Å². The molecule has 3 aliphatic rings. The van der Waals surface area contributed by atoms with Gasteiger partial charge >= 0.3 is 0 Å². The summed E-state index contributed by atoms with van der Waals surface area (Å²) in [5.74, 6) is -5.56. The average molecular weight is 444 g/mol. The Balaban J connectivity index is 1.79. The van der Waals surface area contributed by atoms with Crippen molar-refractivity contribution in [3.8, 4) is 5.75 Å². The van der Waals surface area contributed by atoms with Crippen molar-refractivity contribution in [1.29, 1.82) is 0 Å². The largest absolute Gasteiger partial charge is 0.511 e. The monoisotopic (exact) mass is 444 g/mol. The van der Waals surface area contributed by atoms with Crippen LogP contribution in [0.5, 0.6) is 5.75 Å². The van der Waals surface area contributed by atoms with E-state index in [1.54, 1.807) is 13.0 Å². The first-order valence-electron chi connectivity index (χ1n) is 10.5. The highest BCUT2D eigenvalue weighted by Crippen LogP contribution is 2.50. The number of alkyl halides is 1. The van der Waals surface area contributed by atoms with Gasteiger partial charge in [0.1, 0.15) is 29.5 Å². The number of phenols is 1. The third-order valence-electron chi connectivity index (χ3n) is 6.74. The number of carbonyl (C=O) groups is 3. The Morgan fingerprint density at radius 3 is 2.62 bits per heavy atom. The summed E-state index contributed by atoms with van der Waals surface area (Å²) in [4.78, 5) is 37.3. The van der Waals surface area contributed by atoms with Gasteiger partial charge in [0.2, 0.25) is 0 Å². The summed E-state index contributed by atoms with van der Waals surface area (Å²) in [5, 5.41) is 35.0. The number of aromatic hydroxyl groups is 1. The van der Waals surface area contributed by atoms with E-state index in [0.717, 1.165) is 5.56 Å². The molecule has 4 rings (SSSR count). The fraction of sp³-hybridized carbons (Fsp3) is 0.435. The average Bonchev–Trinajstić information content (AvgIpc) is 2.71. The summed E-state index contributed by atoms with van der Waals surface area (Å²) < 4.78 is 12.8. The number of aliphatic hydroxyl groups is 2. The molecule has 0 bridgehead atoms. The van der Waals surface area contributed by atoms with Crippen LogP contribution in [0, 0.1) is 17.8 Å². The number of nitrogens with one attached hydrogen (secondary N) is 1. The highest BCUT2D eigenvalue weighted by molar-refractivity contribution is 6.21. The summed E-state index contributed by atoms with van der Waals surface area (Å²) in [6.45, 7) is 1.46. The van der Waals surface area contributed by atoms with Crippen LogP contribution in [0.15, 0.2) is 29.0 Å². The number of allylic oxidation sites excluding steroid dienone is 2. The summed E-state index contributed by atoms with van der Waals surface area (Å²) in [6.07, 6.45) is 0.569. The lowest BCUT2D eigenvalue weighted by molar-refractivity contribution is -0.127. The molecule has 1 saturated carbocycles. The maximum absolute atomic E-state index is 13.3. The molecule has 8 nitrogen and oxygen atoms in total. The minimum atomic E-state index is -1.14. The zero-order chi connectivity index (χ0) is 23.3. The van der Waals surface area contributed by atoms with E-state index in [2.05, 4.69) is 5.32 Å². The van der Waals surface area contributed by atoms with Gasteiger partial charge in [0.15, 0.2) is 11.6 Å². The molecule has 0 heterocycles. The molecule has 4 atom stereocenters. The van der Waals surface area contributed by atoms with Crippen molar-refractivity contribution in [3.63, 3.8) is 0 Å². The molecule has 0 saturated heterocycles. The van der Waals surface area contributed by atoms with Crippen molar-refractivity contribution in [2.45, 2.75) is 38.8 Å². The van der Waals surface area contributed by atoms with E-state index < -0.39 is 53.2 Å². The Bertz CT molecular complexity index is 1090. The van der Waals surface area contributed by atoms with Gasteiger partial charge in [-0.3, -0.25) is 14.4 Å². The lowest BCUT2D eigenvalue weighted by Crippen LogP contribution is -2.44. The fourth-order valence-corrected chi connectivity index (χ4v) is 5.21. The smallest absolute Gasteiger partial charge is 0.255 e. The normalized spacial score (nSPS) is 25.9. The fourth-order valence-electron chi connectivity index (χ4n) is 5.21. The predicted octanol–water partition coefficient (Wildman–Crippen LogP) is 1.76. The maximum atomic E-state index is 13.3. The van der Waals surface area contributed by atoms with Crippen molar-refractivity contribution in [2.24, 2.45) is 23.5 Å². The third-order valence-corrected chi connectivity index (χ3v) is 6.74. The van der Waals surface area contributed by atoms with Gasteiger partial charge in [-0.05, 0) is 48.8 Å². The molecule has 1 amide bonds. The highest BCUT2D eigenvalue weighted by atomic mass is 19.1. The van der Waals surface area contributed by atoms with Crippen LogP contribution in [-0.4, -0.2) is 45.5 Å². The molecule has 1 aromatic carbocycles. The number of nitrogens with two attached hydrogens (primary N) is 1. The Kier molecular flexibility index (Phi) is 5.54. The first kappa shape index (κ1) is 22.0. The Hall–Kier alpha value is -3.20. The highest BCUT2D eigenvalue weighted by Gasteiger charge is 2.50. The van der Waals surface area contributed by atoms with Gasteiger partial charge in [0.25, 0.3) is 5.91 Å². The number of hydrogen-bond acceptors (Lipinski definition) is 7. The second-order valence-corrected chi connectivity index (χ2v) is 8.79. The number of carbonyl (C=O) groups excluding carboxylic acids is 3. The summed E-state index contributed by atoms with van der Waals surface area (Å²) in [7, 11) is 0. The number of benzene rings is 1. The minimum absolute atomic E-state index is 0.0704. The van der Waals surface area contributed by atoms with E-state index in [-0.39, 0.29) is 35.1 Å².